The molecule has 9 heteroatoms. The van der Waals surface area contributed by atoms with E-state index >= 15 is 0 Å². The van der Waals surface area contributed by atoms with Crippen molar-refractivity contribution in [2.75, 3.05) is 36.4 Å². The van der Waals surface area contributed by atoms with Crippen molar-refractivity contribution in [3.63, 3.8) is 0 Å². The molecule has 1 amide bonds. The monoisotopic (exact) mass is 532 g/mol. The summed E-state index contributed by atoms with van der Waals surface area (Å²) in [5.41, 5.74) is 3.40. The van der Waals surface area contributed by atoms with E-state index in [0.29, 0.717) is 10.6 Å². The molecule has 5 nitrogen and oxygen atoms in total. The lowest BCUT2D eigenvalue weighted by Gasteiger charge is -2.36. The summed E-state index contributed by atoms with van der Waals surface area (Å²) in [5, 5.41) is 7.41. The number of nitrogens with one attached hydrogen (secondary N) is 2. The Labute approximate surface area is 219 Å². The number of nitrogens with zero attached hydrogens (tertiary/aromatic N) is 2. The van der Waals surface area contributed by atoms with E-state index in [-0.39, 0.29) is 10.1 Å². The van der Waals surface area contributed by atoms with Gasteiger partial charge < -0.3 is 10.2 Å². The van der Waals surface area contributed by atoms with Gasteiger partial charge >= 0.3 is 0 Å². The van der Waals surface area contributed by atoms with Gasteiger partial charge in [0.05, 0.1) is 10.6 Å². The van der Waals surface area contributed by atoms with Crippen molar-refractivity contribution in [2.45, 2.75) is 6.54 Å². The van der Waals surface area contributed by atoms with Gasteiger partial charge in [0.2, 0.25) is 0 Å². The largest absolute Gasteiger partial charge is 0.369 e. The van der Waals surface area contributed by atoms with Gasteiger partial charge in [0.15, 0.2) is 5.11 Å². The number of carbonyl (C=O) groups excluding carboxylic acids is 1. The van der Waals surface area contributed by atoms with E-state index in [4.69, 9.17) is 47.0 Å². The lowest BCUT2D eigenvalue weighted by molar-refractivity contribution is 0.0978. The second kappa shape index (κ2) is 11.4. The van der Waals surface area contributed by atoms with Gasteiger partial charge in [-0.05, 0) is 66.3 Å². The fourth-order valence-electron chi connectivity index (χ4n) is 3.79. The molecule has 0 aliphatic carbocycles. The van der Waals surface area contributed by atoms with Crippen molar-refractivity contribution in [1.29, 1.82) is 0 Å². The zero-order chi connectivity index (χ0) is 24.1. The molecule has 0 spiro atoms. The zero-order valence-corrected chi connectivity index (χ0v) is 21.3. The van der Waals surface area contributed by atoms with E-state index in [1.807, 2.05) is 42.5 Å². The van der Waals surface area contributed by atoms with Crippen LogP contribution < -0.4 is 15.5 Å². The Bertz CT molecular complexity index is 1180. The standard InChI is InChI=1S/C25H23Cl3N4OS/c26-18-5-10-21(23(28)15-18)24(33)30-25(34)29-19-6-8-20(9-7-19)32-13-11-31(12-14-32)16-17-3-1-2-4-22(17)27/h1-10,15H,11-14,16H2,(H2,29,30,33,34). The third-order valence-electron chi connectivity index (χ3n) is 5.62. The van der Waals surface area contributed by atoms with Gasteiger partial charge in [-0.2, -0.15) is 0 Å². The molecule has 1 fully saturated rings. The van der Waals surface area contributed by atoms with Crippen LogP contribution in [0.3, 0.4) is 0 Å². The fourth-order valence-corrected chi connectivity index (χ4v) is 4.69. The molecular formula is C25H23Cl3N4OS. The first-order valence-corrected chi connectivity index (χ1v) is 12.3. The Balaban J connectivity index is 1.27. The normalized spacial score (nSPS) is 14.0. The number of anilines is 2. The summed E-state index contributed by atoms with van der Waals surface area (Å²) < 4.78 is 0. The van der Waals surface area contributed by atoms with E-state index in [1.54, 1.807) is 12.1 Å². The van der Waals surface area contributed by atoms with E-state index in [2.05, 4.69) is 26.5 Å². The van der Waals surface area contributed by atoms with Crippen LogP contribution in [-0.4, -0.2) is 42.1 Å². The first kappa shape index (κ1) is 24.8. The lowest BCUT2D eigenvalue weighted by atomic mass is 10.2. The van der Waals surface area contributed by atoms with Crippen LogP contribution in [0.5, 0.6) is 0 Å². The second-order valence-corrected chi connectivity index (χ2v) is 9.59. The number of hydrogen-bond acceptors (Lipinski definition) is 4. The molecule has 0 atom stereocenters. The average Bonchev–Trinajstić information content (AvgIpc) is 2.81. The molecule has 1 saturated heterocycles. The maximum Gasteiger partial charge on any atom is 0.258 e. The predicted molar refractivity (Wildman–Crippen MR) is 146 cm³/mol. The van der Waals surface area contributed by atoms with E-state index in [9.17, 15) is 4.79 Å². The Kier molecular flexibility index (Phi) is 8.29. The molecule has 3 aromatic carbocycles. The van der Waals surface area contributed by atoms with Crippen molar-refractivity contribution < 1.29 is 4.79 Å². The van der Waals surface area contributed by atoms with E-state index in [0.717, 1.165) is 54.7 Å². The molecule has 0 saturated carbocycles. The minimum atomic E-state index is -0.398. The number of carbonyl (C=O) groups is 1. The minimum absolute atomic E-state index is 0.192. The molecule has 3 aromatic rings. The predicted octanol–water partition coefficient (Wildman–Crippen LogP) is 6.10. The van der Waals surface area contributed by atoms with Crippen LogP contribution >= 0.6 is 47.0 Å². The molecule has 0 bridgehead atoms. The van der Waals surface area contributed by atoms with Crippen LogP contribution in [0.15, 0.2) is 66.7 Å². The van der Waals surface area contributed by atoms with Crippen molar-refractivity contribution in [3.8, 4) is 0 Å². The third kappa shape index (κ3) is 6.40. The van der Waals surface area contributed by atoms with Crippen molar-refractivity contribution >= 4 is 69.4 Å². The number of thiocarbonyl (C=S) groups is 1. The molecule has 4 rings (SSSR count). The molecule has 0 aromatic heterocycles. The maximum atomic E-state index is 12.4. The molecule has 1 aliphatic heterocycles. The quantitative estimate of drug-likeness (QED) is 0.388. The molecule has 1 aliphatic rings. The molecular weight excluding hydrogens is 511 g/mol. The van der Waals surface area contributed by atoms with Crippen LogP contribution in [0.2, 0.25) is 15.1 Å². The SMILES string of the molecule is O=C(NC(=S)Nc1ccc(N2CCN(Cc3ccccc3Cl)CC2)cc1)c1ccc(Cl)cc1Cl. The van der Waals surface area contributed by atoms with Gasteiger partial charge in [0.1, 0.15) is 0 Å². The van der Waals surface area contributed by atoms with Crippen LogP contribution in [-0.2, 0) is 6.54 Å². The minimum Gasteiger partial charge on any atom is -0.369 e. The van der Waals surface area contributed by atoms with Gasteiger partial charge in [0, 0.05) is 54.1 Å². The first-order valence-electron chi connectivity index (χ1n) is 10.8. The summed E-state index contributed by atoms with van der Waals surface area (Å²) in [4.78, 5) is 17.2. The Morgan fingerprint density at radius 3 is 2.26 bits per heavy atom. The molecule has 0 unspecified atom stereocenters. The molecule has 2 N–H and O–H groups in total. The highest BCUT2D eigenvalue weighted by Crippen LogP contribution is 2.23. The Hall–Kier alpha value is -2.35. The van der Waals surface area contributed by atoms with Crippen molar-refractivity contribution in [1.82, 2.24) is 10.2 Å². The summed E-state index contributed by atoms with van der Waals surface area (Å²) in [6, 6.07) is 20.7. The van der Waals surface area contributed by atoms with Crippen LogP contribution in [0, 0.1) is 0 Å². The number of benzene rings is 3. The van der Waals surface area contributed by atoms with Crippen LogP contribution in [0.25, 0.3) is 0 Å². The first-order chi connectivity index (χ1) is 16.4. The highest BCUT2D eigenvalue weighted by atomic mass is 35.5. The number of piperazine rings is 1. The Morgan fingerprint density at radius 2 is 1.59 bits per heavy atom. The number of hydrogen-bond donors (Lipinski definition) is 2. The fraction of sp³-hybridized carbons (Fsp3) is 0.200. The summed E-state index contributed by atoms with van der Waals surface area (Å²) in [6.07, 6.45) is 0. The van der Waals surface area contributed by atoms with Gasteiger partial charge in [-0.1, -0.05) is 53.0 Å². The third-order valence-corrected chi connectivity index (χ3v) is 6.74. The summed E-state index contributed by atoms with van der Waals surface area (Å²) in [7, 11) is 0. The highest BCUT2D eigenvalue weighted by Gasteiger charge is 2.18. The summed E-state index contributed by atoms with van der Waals surface area (Å²) in [6.45, 7) is 4.67. The highest BCUT2D eigenvalue weighted by molar-refractivity contribution is 7.80. The van der Waals surface area contributed by atoms with Gasteiger partial charge in [0.25, 0.3) is 5.91 Å². The molecule has 34 heavy (non-hydrogen) atoms. The zero-order valence-electron chi connectivity index (χ0n) is 18.2. The van der Waals surface area contributed by atoms with Crippen LogP contribution in [0.1, 0.15) is 15.9 Å². The van der Waals surface area contributed by atoms with E-state index in [1.165, 1.54) is 6.07 Å². The molecule has 1 heterocycles. The topological polar surface area (TPSA) is 47.6 Å². The van der Waals surface area contributed by atoms with Crippen molar-refractivity contribution in [3.05, 3.63) is 92.9 Å². The molecule has 176 valence electrons. The average molecular weight is 534 g/mol. The van der Waals surface area contributed by atoms with Gasteiger partial charge in [-0.3, -0.25) is 15.0 Å². The van der Waals surface area contributed by atoms with Gasteiger partial charge in [-0.15, -0.1) is 0 Å². The molecule has 0 radical (unpaired) electrons. The van der Waals surface area contributed by atoms with E-state index < -0.39 is 5.91 Å². The van der Waals surface area contributed by atoms with Crippen molar-refractivity contribution in [2.24, 2.45) is 0 Å². The number of halogens is 3. The van der Waals surface area contributed by atoms with Crippen LogP contribution in [0.4, 0.5) is 11.4 Å². The Morgan fingerprint density at radius 1 is 0.882 bits per heavy atom. The second-order valence-electron chi connectivity index (χ2n) is 7.93. The number of rotatable bonds is 5. The summed E-state index contributed by atoms with van der Waals surface area (Å²) >= 11 is 23.6. The number of amides is 1. The smallest absolute Gasteiger partial charge is 0.258 e. The van der Waals surface area contributed by atoms with Gasteiger partial charge in [-0.25, -0.2) is 0 Å². The maximum absolute atomic E-state index is 12.4. The lowest BCUT2D eigenvalue weighted by Crippen LogP contribution is -2.46. The summed E-state index contributed by atoms with van der Waals surface area (Å²) in [5.74, 6) is -0.398.